The summed E-state index contributed by atoms with van der Waals surface area (Å²) in [5, 5.41) is 12.1. The lowest BCUT2D eigenvalue weighted by molar-refractivity contribution is -0.138. The summed E-state index contributed by atoms with van der Waals surface area (Å²) < 4.78 is 12.9. The topological polar surface area (TPSA) is 76.3 Å². The SMILES string of the molecule is CCOC(=O)C1=C(O)/C(=C/c2cc(C)n(-c3ccc(N4CCOCC4)cc3)c2C)SC1=Nc1ccc(Cl)cc1. The van der Waals surface area contributed by atoms with E-state index in [0.29, 0.717) is 20.7 Å². The highest BCUT2D eigenvalue weighted by atomic mass is 35.5. The van der Waals surface area contributed by atoms with Gasteiger partial charge in [0.25, 0.3) is 0 Å². The molecule has 0 bridgehead atoms. The van der Waals surface area contributed by atoms with E-state index < -0.39 is 5.97 Å². The molecule has 0 atom stereocenters. The highest BCUT2D eigenvalue weighted by Crippen LogP contribution is 2.41. The van der Waals surface area contributed by atoms with Crippen LogP contribution < -0.4 is 4.90 Å². The fourth-order valence-corrected chi connectivity index (χ4v) is 5.88. The zero-order valence-electron chi connectivity index (χ0n) is 22.1. The van der Waals surface area contributed by atoms with Crippen LogP contribution in [0, 0.1) is 13.8 Å². The number of rotatable bonds is 6. The van der Waals surface area contributed by atoms with Crippen LogP contribution in [0.1, 0.15) is 23.9 Å². The van der Waals surface area contributed by atoms with Crippen LogP contribution in [0.2, 0.25) is 5.02 Å². The van der Waals surface area contributed by atoms with Gasteiger partial charge < -0.3 is 24.0 Å². The van der Waals surface area contributed by atoms with Crippen molar-refractivity contribution in [2.24, 2.45) is 4.99 Å². The Morgan fingerprint density at radius 1 is 1.10 bits per heavy atom. The van der Waals surface area contributed by atoms with Gasteiger partial charge in [-0.1, -0.05) is 23.4 Å². The highest BCUT2D eigenvalue weighted by Gasteiger charge is 2.33. The zero-order valence-corrected chi connectivity index (χ0v) is 23.7. The quantitative estimate of drug-likeness (QED) is 0.333. The molecule has 0 unspecified atom stereocenters. The molecule has 1 saturated heterocycles. The second-order valence-corrected chi connectivity index (χ2v) is 10.7. The first-order valence-electron chi connectivity index (χ1n) is 12.8. The molecule has 9 heteroatoms. The fourth-order valence-electron chi connectivity index (χ4n) is 4.73. The van der Waals surface area contributed by atoms with Gasteiger partial charge in [0.1, 0.15) is 16.4 Å². The second kappa shape index (κ2) is 11.7. The van der Waals surface area contributed by atoms with E-state index in [-0.39, 0.29) is 17.9 Å². The molecule has 202 valence electrons. The number of carbonyl (C=O) groups is 1. The van der Waals surface area contributed by atoms with Crippen molar-refractivity contribution < 1.29 is 19.4 Å². The summed E-state index contributed by atoms with van der Waals surface area (Å²) in [6.07, 6.45) is 1.89. The molecule has 0 aliphatic carbocycles. The Labute approximate surface area is 237 Å². The minimum absolute atomic E-state index is 0.0653. The number of esters is 1. The molecule has 0 spiro atoms. The number of morpholine rings is 1. The molecular weight excluding hydrogens is 534 g/mol. The third kappa shape index (κ3) is 5.78. The summed E-state index contributed by atoms with van der Waals surface area (Å²) in [5.74, 6) is -0.740. The Morgan fingerprint density at radius 2 is 1.77 bits per heavy atom. The molecule has 1 fully saturated rings. The van der Waals surface area contributed by atoms with Gasteiger partial charge in [0.05, 0.1) is 30.4 Å². The normalized spacial score (nSPS) is 17.9. The number of carbonyl (C=O) groups excluding carboxylic acids is 1. The molecule has 2 aromatic carbocycles. The van der Waals surface area contributed by atoms with Gasteiger partial charge in [-0.05, 0) is 87.0 Å². The summed E-state index contributed by atoms with van der Waals surface area (Å²) in [6.45, 7) is 9.31. The number of benzene rings is 2. The molecule has 2 aliphatic heterocycles. The summed E-state index contributed by atoms with van der Waals surface area (Å²) in [4.78, 5) is 20.2. The molecule has 0 amide bonds. The van der Waals surface area contributed by atoms with Crippen LogP contribution >= 0.6 is 23.4 Å². The van der Waals surface area contributed by atoms with E-state index in [1.54, 1.807) is 31.2 Å². The van der Waals surface area contributed by atoms with Crippen molar-refractivity contribution in [1.82, 2.24) is 4.57 Å². The van der Waals surface area contributed by atoms with Crippen molar-refractivity contribution in [1.29, 1.82) is 0 Å². The predicted molar refractivity (Wildman–Crippen MR) is 159 cm³/mol. The maximum absolute atomic E-state index is 12.8. The molecule has 1 N–H and O–H groups in total. The van der Waals surface area contributed by atoms with Crippen molar-refractivity contribution in [2.45, 2.75) is 20.8 Å². The summed E-state index contributed by atoms with van der Waals surface area (Å²) in [6, 6.07) is 17.6. The first-order chi connectivity index (χ1) is 18.9. The number of hydrogen-bond donors (Lipinski definition) is 1. The van der Waals surface area contributed by atoms with Crippen LogP contribution in [0.4, 0.5) is 11.4 Å². The van der Waals surface area contributed by atoms with Crippen LogP contribution in [0.5, 0.6) is 0 Å². The summed E-state index contributed by atoms with van der Waals surface area (Å²) >= 11 is 7.25. The van der Waals surface area contributed by atoms with Crippen LogP contribution in [-0.2, 0) is 14.3 Å². The molecule has 0 saturated carbocycles. The minimum atomic E-state index is -0.607. The van der Waals surface area contributed by atoms with Gasteiger partial charge >= 0.3 is 5.97 Å². The maximum atomic E-state index is 12.8. The molecular formula is C30H30ClN3O4S. The molecule has 3 heterocycles. The van der Waals surface area contributed by atoms with Gasteiger partial charge in [0.15, 0.2) is 0 Å². The fraction of sp³-hybridized carbons (Fsp3) is 0.267. The van der Waals surface area contributed by atoms with Gasteiger partial charge in [-0.15, -0.1) is 0 Å². The van der Waals surface area contributed by atoms with Gasteiger partial charge in [0.2, 0.25) is 0 Å². The van der Waals surface area contributed by atoms with Crippen molar-refractivity contribution >= 4 is 51.8 Å². The van der Waals surface area contributed by atoms with Crippen LogP contribution in [-0.4, -0.2) is 53.6 Å². The number of aliphatic hydroxyl groups excluding tert-OH is 1. The maximum Gasteiger partial charge on any atom is 0.344 e. The molecule has 2 aliphatic rings. The monoisotopic (exact) mass is 563 g/mol. The van der Waals surface area contributed by atoms with E-state index in [9.17, 15) is 9.90 Å². The molecule has 3 aromatic rings. The largest absolute Gasteiger partial charge is 0.506 e. The molecule has 0 radical (unpaired) electrons. The van der Waals surface area contributed by atoms with Crippen molar-refractivity contribution in [3.05, 3.63) is 92.8 Å². The predicted octanol–water partition coefficient (Wildman–Crippen LogP) is 6.78. The first-order valence-corrected chi connectivity index (χ1v) is 14.0. The Balaban J connectivity index is 1.47. The van der Waals surface area contributed by atoms with E-state index in [1.165, 1.54) is 17.4 Å². The average Bonchev–Trinajstić information content (AvgIpc) is 3.40. The van der Waals surface area contributed by atoms with Crippen LogP contribution in [0.25, 0.3) is 11.8 Å². The zero-order chi connectivity index (χ0) is 27.5. The third-order valence-corrected chi connectivity index (χ3v) is 7.94. The number of aryl methyl sites for hydroxylation is 1. The molecule has 39 heavy (non-hydrogen) atoms. The Bertz CT molecular complexity index is 1470. The van der Waals surface area contributed by atoms with E-state index >= 15 is 0 Å². The Kier molecular flexibility index (Phi) is 8.16. The number of nitrogens with zero attached hydrogens (tertiary/aromatic N) is 3. The van der Waals surface area contributed by atoms with E-state index in [1.807, 2.05) is 13.0 Å². The number of aliphatic imine (C=N–C) groups is 1. The number of anilines is 1. The lowest BCUT2D eigenvalue weighted by atomic mass is 10.1. The van der Waals surface area contributed by atoms with Crippen LogP contribution in [0.15, 0.2) is 75.8 Å². The highest BCUT2D eigenvalue weighted by molar-refractivity contribution is 8.18. The lowest BCUT2D eigenvalue weighted by Gasteiger charge is -2.29. The van der Waals surface area contributed by atoms with Gasteiger partial charge in [0, 0.05) is 40.9 Å². The summed E-state index contributed by atoms with van der Waals surface area (Å²) in [5.41, 5.74) is 5.95. The minimum Gasteiger partial charge on any atom is -0.506 e. The Hall–Kier alpha value is -3.46. The summed E-state index contributed by atoms with van der Waals surface area (Å²) in [7, 11) is 0. The van der Waals surface area contributed by atoms with Crippen molar-refractivity contribution in [2.75, 3.05) is 37.8 Å². The van der Waals surface area contributed by atoms with Crippen molar-refractivity contribution in [3.8, 4) is 5.69 Å². The second-order valence-electron chi connectivity index (χ2n) is 9.23. The van der Waals surface area contributed by atoms with E-state index in [0.717, 1.165) is 48.9 Å². The number of halogens is 1. The number of aliphatic hydroxyl groups is 1. The van der Waals surface area contributed by atoms with Crippen LogP contribution in [0.3, 0.4) is 0 Å². The number of hydrogen-bond acceptors (Lipinski definition) is 7. The van der Waals surface area contributed by atoms with Gasteiger partial charge in [-0.3, -0.25) is 0 Å². The van der Waals surface area contributed by atoms with E-state index in [2.05, 4.69) is 51.7 Å². The first kappa shape index (κ1) is 27.1. The Morgan fingerprint density at radius 3 is 2.44 bits per heavy atom. The number of aromatic nitrogens is 1. The van der Waals surface area contributed by atoms with Gasteiger partial charge in [-0.2, -0.15) is 0 Å². The number of thioether (sulfide) groups is 1. The third-order valence-electron chi connectivity index (χ3n) is 6.67. The average molecular weight is 564 g/mol. The van der Waals surface area contributed by atoms with Crippen molar-refractivity contribution in [3.63, 3.8) is 0 Å². The number of ether oxygens (including phenoxy) is 2. The molecule has 5 rings (SSSR count). The molecule has 7 nitrogen and oxygen atoms in total. The lowest BCUT2D eigenvalue weighted by Crippen LogP contribution is -2.36. The molecule has 1 aromatic heterocycles. The van der Waals surface area contributed by atoms with Gasteiger partial charge in [-0.25, -0.2) is 9.79 Å². The standard InChI is InChI=1S/C30H30ClN3O4S/c1-4-38-30(36)27-28(35)26(39-29(27)32-23-7-5-22(31)6-8-23)18-21-17-19(2)34(20(21)3)25-11-9-24(10-12-25)33-13-15-37-16-14-33/h5-12,17-18,35H,4,13-16H2,1-3H3/b26-18-,32-29?. The van der Waals surface area contributed by atoms with E-state index in [4.69, 9.17) is 21.1 Å². The smallest absolute Gasteiger partial charge is 0.344 e.